The van der Waals surface area contributed by atoms with Crippen LogP contribution in [0.15, 0.2) is 55.1 Å². The molecule has 5 heteroatoms. The number of rotatable bonds is 7. The molecule has 0 saturated carbocycles. The molecule has 3 rings (SSSR count). The van der Waals surface area contributed by atoms with E-state index in [1.54, 1.807) is 0 Å². The summed E-state index contributed by atoms with van der Waals surface area (Å²) in [6.45, 7) is 6.68. The fourth-order valence-electron chi connectivity index (χ4n) is 2.61. The van der Waals surface area contributed by atoms with Crippen molar-refractivity contribution in [1.82, 2.24) is 24.6 Å². The van der Waals surface area contributed by atoms with Crippen LogP contribution in [0.4, 0.5) is 0 Å². The number of benzene rings is 1. The molecule has 0 spiro atoms. The Morgan fingerprint density at radius 2 is 2.04 bits per heavy atom. The smallest absolute Gasteiger partial charge is 0.122 e. The van der Waals surface area contributed by atoms with Crippen LogP contribution in [0, 0.1) is 6.92 Å². The van der Waals surface area contributed by atoms with Crippen LogP contribution in [0.5, 0.6) is 0 Å². The standard InChI is InChI=1S/C18H23N5/c1-15-10-21-23(12-15)13-16(2)20-11-18-19-8-9-22(18)14-17-6-4-3-5-7-17/h3-10,12,16,20H,11,13-14H2,1-2H3. The summed E-state index contributed by atoms with van der Waals surface area (Å²) in [5, 5.41) is 7.85. The lowest BCUT2D eigenvalue weighted by Gasteiger charge is -2.15. The molecule has 120 valence electrons. The summed E-state index contributed by atoms with van der Waals surface area (Å²) in [5.41, 5.74) is 2.47. The van der Waals surface area contributed by atoms with Crippen molar-refractivity contribution in [2.24, 2.45) is 0 Å². The van der Waals surface area contributed by atoms with Crippen molar-refractivity contribution < 1.29 is 0 Å². The number of hydrogen-bond acceptors (Lipinski definition) is 3. The van der Waals surface area contributed by atoms with Gasteiger partial charge in [-0.1, -0.05) is 30.3 Å². The highest BCUT2D eigenvalue weighted by Gasteiger charge is 2.07. The van der Waals surface area contributed by atoms with Gasteiger partial charge < -0.3 is 9.88 Å². The van der Waals surface area contributed by atoms with Gasteiger partial charge in [0.25, 0.3) is 0 Å². The first-order valence-corrected chi connectivity index (χ1v) is 7.97. The molecule has 0 aliphatic heterocycles. The van der Waals surface area contributed by atoms with Crippen molar-refractivity contribution in [3.8, 4) is 0 Å². The fourth-order valence-corrected chi connectivity index (χ4v) is 2.61. The highest BCUT2D eigenvalue weighted by Crippen LogP contribution is 2.06. The van der Waals surface area contributed by atoms with Crippen LogP contribution >= 0.6 is 0 Å². The normalized spacial score (nSPS) is 12.4. The Hall–Kier alpha value is -2.40. The maximum Gasteiger partial charge on any atom is 0.122 e. The Balaban J connectivity index is 1.55. The zero-order valence-electron chi connectivity index (χ0n) is 13.7. The van der Waals surface area contributed by atoms with E-state index in [0.717, 1.165) is 25.5 Å². The topological polar surface area (TPSA) is 47.7 Å². The number of nitrogens with one attached hydrogen (secondary N) is 1. The van der Waals surface area contributed by atoms with Gasteiger partial charge in [0.1, 0.15) is 5.82 Å². The summed E-state index contributed by atoms with van der Waals surface area (Å²) in [6.07, 6.45) is 7.85. The average Bonchev–Trinajstić information content (AvgIpc) is 3.15. The quantitative estimate of drug-likeness (QED) is 0.730. The van der Waals surface area contributed by atoms with Crippen molar-refractivity contribution in [2.45, 2.75) is 39.5 Å². The summed E-state index contributed by atoms with van der Waals surface area (Å²) >= 11 is 0. The van der Waals surface area contributed by atoms with Crippen molar-refractivity contribution >= 4 is 0 Å². The van der Waals surface area contributed by atoms with Crippen LogP contribution < -0.4 is 5.32 Å². The summed E-state index contributed by atoms with van der Waals surface area (Å²) in [6, 6.07) is 10.8. The third-order valence-corrected chi connectivity index (χ3v) is 3.83. The molecule has 3 aromatic rings. The van der Waals surface area contributed by atoms with Gasteiger partial charge in [-0.2, -0.15) is 5.10 Å². The summed E-state index contributed by atoms with van der Waals surface area (Å²) < 4.78 is 4.16. The number of hydrogen-bond donors (Lipinski definition) is 1. The molecular formula is C18H23N5. The molecule has 1 unspecified atom stereocenters. The minimum atomic E-state index is 0.330. The summed E-state index contributed by atoms with van der Waals surface area (Å²) in [4.78, 5) is 4.47. The SMILES string of the molecule is Cc1cnn(CC(C)NCc2nccn2Cc2ccccc2)c1. The van der Waals surface area contributed by atoms with Crippen molar-refractivity contribution in [3.05, 3.63) is 72.1 Å². The van der Waals surface area contributed by atoms with Crippen LogP contribution in [0.1, 0.15) is 23.9 Å². The van der Waals surface area contributed by atoms with Crippen molar-refractivity contribution in [3.63, 3.8) is 0 Å². The second kappa shape index (κ2) is 7.24. The molecule has 2 heterocycles. The zero-order chi connectivity index (χ0) is 16.1. The van der Waals surface area contributed by atoms with Crippen LogP contribution in [-0.2, 0) is 19.6 Å². The first-order chi connectivity index (χ1) is 11.2. The predicted octanol–water partition coefficient (Wildman–Crippen LogP) is 2.61. The molecule has 0 bridgehead atoms. The molecular weight excluding hydrogens is 286 g/mol. The van der Waals surface area contributed by atoms with Gasteiger partial charge in [-0.3, -0.25) is 4.68 Å². The molecule has 0 radical (unpaired) electrons. The maximum absolute atomic E-state index is 4.47. The molecule has 1 aromatic carbocycles. The molecule has 1 N–H and O–H groups in total. The molecule has 0 fully saturated rings. The Labute approximate surface area is 137 Å². The van der Waals surface area contributed by atoms with Gasteiger partial charge in [0.15, 0.2) is 0 Å². The van der Waals surface area contributed by atoms with Crippen LogP contribution in [0.2, 0.25) is 0 Å². The fraction of sp³-hybridized carbons (Fsp3) is 0.333. The number of imidazole rings is 1. The summed E-state index contributed by atoms with van der Waals surface area (Å²) in [5.74, 6) is 1.05. The molecule has 1 atom stereocenters. The number of aromatic nitrogens is 4. The minimum absolute atomic E-state index is 0.330. The lowest BCUT2D eigenvalue weighted by atomic mass is 10.2. The molecule has 0 saturated heterocycles. The van der Waals surface area contributed by atoms with Gasteiger partial charge >= 0.3 is 0 Å². The van der Waals surface area contributed by atoms with E-state index in [0.29, 0.717) is 6.04 Å². The summed E-state index contributed by atoms with van der Waals surface area (Å²) in [7, 11) is 0. The van der Waals surface area contributed by atoms with Gasteiger partial charge in [0.2, 0.25) is 0 Å². The second-order valence-corrected chi connectivity index (χ2v) is 5.98. The third kappa shape index (κ3) is 4.29. The first kappa shape index (κ1) is 15.5. The van der Waals surface area contributed by atoms with Crippen molar-refractivity contribution in [1.29, 1.82) is 0 Å². The highest BCUT2D eigenvalue weighted by molar-refractivity contribution is 5.15. The Kier molecular flexibility index (Phi) is 4.88. The zero-order valence-corrected chi connectivity index (χ0v) is 13.7. The minimum Gasteiger partial charge on any atom is -0.329 e. The van der Waals surface area contributed by atoms with Gasteiger partial charge in [-0.25, -0.2) is 4.98 Å². The van der Waals surface area contributed by atoms with E-state index in [1.165, 1.54) is 11.1 Å². The number of aryl methyl sites for hydroxylation is 1. The number of nitrogens with zero attached hydrogens (tertiary/aromatic N) is 4. The largest absolute Gasteiger partial charge is 0.329 e. The highest BCUT2D eigenvalue weighted by atomic mass is 15.3. The molecule has 2 aromatic heterocycles. The van der Waals surface area contributed by atoms with Gasteiger partial charge in [0.05, 0.1) is 19.3 Å². The van der Waals surface area contributed by atoms with Crippen LogP contribution in [0.25, 0.3) is 0 Å². The van der Waals surface area contributed by atoms with Crippen LogP contribution in [0.3, 0.4) is 0 Å². The third-order valence-electron chi connectivity index (χ3n) is 3.83. The van der Waals surface area contributed by atoms with Gasteiger partial charge in [-0.15, -0.1) is 0 Å². The predicted molar refractivity (Wildman–Crippen MR) is 91.0 cm³/mol. The van der Waals surface area contributed by atoms with E-state index < -0.39 is 0 Å². The van der Waals surface area contributed by atoms with E-state index in [-0.39, 0.29) is 0 Å². The van der Waals surface area contributed by atoms with Crippen LogP contribution in [-0.4, -0.2) is 25.4 Å². The Morgan fingerprint density at radius 1 is 1.22 bits per heavy atom. The molecule has 0 aliphatic rings. The first-order valence-electron chi connectivity index (χ1n) is 7.97. The Bertz CT molecular complexity index is 729. The van der Waals surface area contributed by atoms with Gasteiger partial charge in [0, 0.05) is 31.2 Å². The van der Waals surface area contributed by atoms with E-state index >= 15 is 0 Å². The van der Waals surface area contributed by atoms with E-state index in [1.807, 2.05) is 29.3 Å². The van der Waals surface area contributed by atoms with E-state index in [4.69, 9.17) is 0 Å². The average molecular weight is 309 g/mol. The van der Waals surface area contributed by atoms with Gasteiger partial charge in [-0.05, 0) is 25.0 Å². The monoisotopic (exact) mass is 309 g/mol. The molecule has 0 aliphatic carbocycles. The molecule has 5 nitrogen and oxygen atoms in total. The van der Waals surface area contributed by atoms with E-state index in [2.05, 4.69) is 64.3 Å². The van der Waals surface area contributed by atoms with E-state index in [9.17, 15) is 0 Å². The lowest BCUT2D eigenvalue weighted by Crippen LogP contribution is -2.31. The molecule has 0 amide bonds. The maximum atomic E-state index is 4.47. The van der Waals surface area contributed by atoms with Crippen molar-refractivity contribution in [2.75, 3.05) is 0 Å². The second-order valence-electron chi connectivity index (χ2n) is 5.98. The lowest BCUT2D eigenvalue weighted by molar-refractivity contribution is 0.441. The molecule has 23 heavy (non-hydrogen) atoms. The Morgan fingerprint density at radius 3 is 2.78 bits per heavy atom.